The molecule has 0 fully saturated rings. The van der Waals surface area contributed by atoms with E-state index in [1.54, 1.807) is 12.1 Å². The summed E-state index contributed by atoms with van der Waals surface area (Å²) in [6, 6.07) is 6.92. The van der Waals surface area contributed by atoms with E-state index in [0.29, 0.717) is 18.5 Å². The fourth-order valence-electron chi connectivity index (χ4n) is 2.20. The predicted molar refractivity (Wildman–Crippen MR) is 69.8 cm³/mol. The van der Waals surface area contributed by atoms with E-state index < -0.39 is 0 Å². The zero-order chi connectivity index (χ0) is 12.7. The first-order valence-electron chi connectivity index (χ1n) is 5.85. The van der Waals surface area contributed by atoms with Gasteiger partial charge in [0.25, 0.3) is 0 Å². The number of furan rings is 1. The third kappa shape index (κ3) is 1.62. The zero-order valence-corrected chi connectivity index (χ0v) is 10.0. The van der Waals surface area contributed by atoms with Gasteiger partial charge in [-0.25, -0.2) is 4.79 Å². The van der Waals surface area contributed by atoms with Crippen LogP contribution in [0.15, 0.2) is 37.9 Å². The van der Waals surface area contributed by atoms with Crippen LogP contribution in [0.25, 0.3) is 21.9 Å². The number of hydrogen-bond donors (Lipinski definition) is 1. The minimum atomic E-state index is -0.354. The molecule has 0 radical (unpaired) electrons. The van der Waals surface area contributed by atoms with Gasteiger partial charge in [0, 0.05) is 29.3 Å². The third-order valence-corrected chi connectivity index (χ3v) is 3.15. The van der Waals surface area contributed by atoms with Gasteiger partial charge in [0.1, 0.15) is 16.9 Å². The molecule has 4 heteroatoms. The molecule has 3 rings (SSSR count). The molecule has 2 heterocycles. The van der Waals surface area contributed by atoms with Gasteiger partial charge >= 0.3 is 5.63 Å². The Bertz CT molecular complexity index is 783. The highest BCUT2D eigenvalue weighted by atomic mass is 16.4. The lowest BCUT2D eigenvalue weighted by Gasteiger charge is -1.95. The molecule has 0 aliphatic heterocycles. The fraction of sp³-hybridized carbons (Fsp3) is 0.214. The largest absolute Gasteiger partial charge is 0.461 e. The summed E-state index contributed by atoms with van der Waals surface area (Å²) in [5, 5.41) is 1.94. The van der Waals surface area contributed by atoms with Crippen LogP contribution in [0, 0.1) is 6.92 Å². The molecule has 0 atom stereocenters. The van der Waals surface area contributed by atoms with Crippen molar-refractivity contribution in [1.82, 2.24) is 0 Å². The highest BCUT2D eigenvalue weighted by molar-refractivity contribution is 5.95. The van der Waals surface area contributed by atoms with E-state index in [1.807, 2.05) is 13.0 Å². The van der Waals surface area contributed by atoms with Gasteiger partial charge in [0.15, 0.2) is 0 Å². The normalized spacial score (nSPS) is 11.4. The molecule has 18 heavy (non-hydrogen) atoms. The SMILES string of the molecule is Cc1c(CCN)oc2cc3oc(=O)ccc3cc12. The molecule has 0 aliphatic rings. The average Bonchev–Trinajstić information content (AvgIpc) is 2.64. The monoisotopic (exact) mass is 243 g/mol. The van der Waals surface area contributed by atoms with Crippen LogP contribution in [0.3, 0.4) is 0 Å². The second-order valence-electron chi connectivity index (χ2n) is 4.33. The molecule has 2 aromatic heterocycles. The van der Waals surface area contributed by atoms with Crippen molar-refractivity contribution < 1.29 is 8.83 Å². The van der Waals surface area contributed by atoms with Crippen LogP contribution in [0.2, 0.25) is 0 Å². The number of benzene rings is 1. The Morgan fingerprint density at radius 2 is 2.00 bits per heavy atom. The first kappa shape index (κ1) is 11.0. The number of nitrogens with two attached hydrogens (primary N) is 1. The van der Waals surface area contributed by atoms with Gasteiger partial charge in [-0.05, 0) is 31.2 Å². The molecular formula is C14H13NO3. The van der Waals surface area contributed by atoms with Crippen LogP contribution < -0.4 is 11.4 Å². The van der Waals surface area contributed by atoms with Crippen LogP contribution in [-0.2, 0) is 6.42 Å². The maximum Gasteiger partial charge on any atom is 0.336 e. The van der Waals surface area contributed by atoms with Crippen LogP contribution in [0.1, 0.15) is 11.3 Å². The van der Waals surface area contributed by atoms with Crippen molar-refractivity contribution in [3.63, 3.8) is 0 Å². The summed E-state index contributed by atoms with van der Waals surface area (Å²) in [5.74, 6) is 0.894. The Morgan fingerprint density at radius 1 is 1.17 bits per heavy atom. The van der Waals surface area contributed by atoms with E-state index in [1.165, 1.54) is 6.07 Å². The molecule has 1 aromatic carbocycles. The molecule has 0 amide bonds. The second kappa shape index (κ2) is 3.99. The molecule has 3 aromatic rings. The van der Waals surface area contributed by atoms with E-state index in [4.69, 9.17) is 14.6 Å². The number of fused-ring (bicyclic) bond motifs is 2. The second-order valence-corrected chi connectivity index (χ2v) is 4.33. The smallest absolute Gasteiger partial charge is 0.336 e. The van der Waals surface area contributed by atoms with E-state index in [2.05, 4.69) is 0 Å². The van der Waals surface area contributed by atoms with Gasteiger partial charge in [-0.15, -0.1) is 0 Å². The first-order chi connectivity index (χ1) is 8.69. The zero-order valence-electron chi connectivity index (χ0n) is 10.0. The van der Waals surface area contributed by atoms with E-state index >= 15 is 0 Å². The number of hydrogen-bond acceptors (Lipinski definition) is 4. The average molecular weight is 243 g/mol. The first-order valence-corrected chi connectivity index (χ1v) is 5.85. The number of aryl methyl sites for hydroxylation is 1. The Labute approximate surface area is 103 Å². The van der Waals surface area contributed by atoms with Gasteiger partial charge < -0.3 is 14.6 Å². The Kier molecular flexibility index (Phi) is 2.45. The lowest BCUT2D eigenvalue weighted by molar-refractivity contribution is 0.541. The molecule has 0 unspecified atom stereocenters. The van der Waals surface area contributed by atoms with Crippen LogP contribution in [-0.4, -0.2) is 6.54 Å². The standard InChI is InChI=1S/C14H13NO3/c1-8-10-6-9-2-3-14(16)18-12(9)7-13(10)17-11(8)4-5-15/h2-3,6-7H,4-5,15H2,1H3. The minimum Gasteiger partial charge on any atom is -0.461 e. The van der Waals surface area contributed by atoms with Crippen molar-refractivity contribution in [2.75, 3.05) is 6.54 Å². The highest BCUT2D eigenvalue weighted by Crippen LogP contribution is 2.29. The van der Waals surface area contributed by atoms with Gasteiger partial charge in [0.05, 0.1) is 0 Å². The Balaban J connectivity index is 2.34. The summed E-state index contributed by atoms with van der Waals surface area (Å²) in [5.41, 5.74) is 7.58. The van der Waals surface area contributed by atoms with Crippen LogP contribution in [0.5, 0.6) is 0 Å². The molecule has 92 valence electrons. The molecule has 2 N–H and O–H groups in total. The van der Waals surface area contributed by atoms with Crippen molar-refractivity contribution in [1.29, 1.82) is 0 Å². The Hall–Kier alpha value is -2.07. The van der Waals surface area contributed by atoms with Crippen LogP contribution in [0.4, 0.5) is 0 Å². The van der Waals surface area contributed by atoms with Crippen molar-refractivity contribution >= 4 is 21.9 Å². The van der Waals surface area contributed by atoms with Crippen molar-refractivity contribution in [3.8, 4) is 0 Å². The molecule has 0 saturated carbocycles. The quantitative estimate of drug-likeness (QED) is 0.701. The third-order valence-electron chi connectivity index (χ3n) is 3.15. The summed E-state index contributed by atoms with van der Waals surface area (Å²) in [6.07, 6.45) is 0.709. The lowest BCUT2D eigenvalue weighted by atomic mass is 10.1. The van der Waals surface area contributed by atoms with Gasteiger partial charge in [-0.3, -0.25) is 0 Å². The highest BCUT2D eigenvalue weighted by Gasteiger charge is 2.11. The summed E-state index contributed by atoms with van der Waals surface area (Å²) in [4.78, 5) is 11.2. The molecule has 4 nitrogen and oxygen atoms in total. The maximum absolute atomic E-state index is 11.2. The summed E-state index contributed by atoms with van der Waals surface area (Å²) < 4.78 is 10.9. The van der Waals surface area contributed by atoms with Crippen molar-refractivity contribution in [3.05, 3.63) is 46.0 Å². The van der Waals surface area contributed by atoms with E-state index in [9.17, 15) is 4.79 Å². The predicted octanol–water partition coefficient (Wildman–Crippen LogP) is 2.35. The maximum atomic E-state index is 11.2. The molecule has 0 saturated heterocycles. The topological polar surface area (TPSA) is 69.4 Å². The fourth-order valence-corrected chi connectivity index (χ4v) is 2.20. The molecule has 0 aliphatic carbocycles. The Morgan fingerprint density at radius 3 is 2.78 bits per heavy atom. The van der Waals surface area contributed by atoms with Gasteiger partial charge in [0.2, 0.25) is 0 Å². The van der Waals surface area contributed by atoms with Crippen molar-refractivity contribution in [2.45, 2.75) is 13.3 Å². The summed E-state index contributed by atoms with van der Waals surface area (Å²) in [6.45, 7) is 2.57. The summed E-state index contributed by atoms with van der Waals surface area (Å²) >= 11 is 0. The molecular weight excluding hydrogens is 230 g/mol. The van der Waals surface area contributed by atoms with Gasteiger partial charge in [-0.2, -0.15) is 0 Å². The van der Waals surface area contributed by atoms with E-state index in [0.717, 1.165) is 27.7 Å². The summed E-state index contributed by atoms with van der Waals surface area (Å²) in [7, 11) is 0. The molecule has 0 bridgehead atoms. The van der Waals surface area contributed by atoms with Crippen molar-refractivity contribution in [2.24, 2.45) is 5.73 Å². The van der Waals surface area contributed by atoms with E-state index in [-0.39, 0.29) is 5.63 Å². The molecule has 0 spiro atoms. The lowest BCUT2D eigenvalue weighted by Crippen LogP contribution is -2.02. The van der Waals surface area contributed by atoms with Crippen LogP contribution >= 0.6 is 0 Å². The minimum absolute atomic E-state index is 0.354. The van der Waals surface area contributed by atoms with Gasteiger partial charge in [-0.1, -0.05) is 0 Å². The number of rotatable bonds is 2.